The number of rotatable bonds is 11. The molecule has 9 aliphatic rings. The number of aliphatic hydroxyl groups is 5. The van der Waals surface area contributed by atoms with Crippen LogP contribution in [-0.2, 0) is 29.0 Å². The van der Waals surface area contributed by atoms with Gasteiger partial charge in [-0.25, -0.2) is 4.79 Å². The molecule has 0 radical (unpaired) electrons. The number of phenolic OH excluding ortho intramolecular Hbond substituents is 2. The average Bonchev–Trinajstić information content (AvgIpc) is 1.65. The minimum atomic E-state index is -1.62. The van der Waals surface area contributed by atoms with Gasteiger partial charge in [0, 0.05) is 54.1 Å². The molecule has 452 valence electrons. The summed E-state index contributed by atoms with van der Waals surface area (Å²) in [6, 6.07) is 12.6. The van der Waals surface area contributed by atoms with Crippen LogP contribution in [0, 0.1) is 35.5 Å². The number of aryl methyl sites for hydroxylation is 1. The minimum Gasteiger partial charge on any atom is -0.508 e. The summed E-state index contributed by atoms with van der Waals surface area (Å²) < 4.78 is 21.6. The van der Waals surface area contributed by atoms with Gasteiger partial charge in [-0.05, 0) is 201 Å². The van der Waals surface area contributed by atoms with E-state index in [1.165, 1.54) is 5.57 Å². The summed E-state index contributed by atoms with van der Waals surface area (Å²) in [6.07, 6.45) is 11.7. The Balaban J connectivity index is 0.983. The monoisotopic (exact) mass is 1160 g/mol. The van der Waals surface area contributed by atoms with E-state index in [9.17, 15) is 40.5 Å². The molecule has 1 aromatic heterocycles. The first-order valence-electron chi connectivity index (χ1n) is 31.4. The third-order valence-corrected chi connectivity index (χ3v) is 21.8. The minimum absolute atomic E-state index is 0.0136. The van der Waals surface area contributed by atoms with Crippen LogP contribution in [0.1, 0.15) is 173 Å². The molecule has 5 heterocycles. The first-order valence-corrected chi connectivity index (χ1v) is 31.4. The highest BCUT2D eigenvalue weighted by molar-refractivity contribution is 5.93. The normalized spacial score (nSPS) is 33.0. The fourth-order valence-electron chi connectivity index (χ4n) is 18.1. The van der Waals surface area contributed by atoms with Crippen LogP contribution in [-0.4, -0.2) is 91.0 Å². The average molecular weight is 1160 g/mol. The number of aliphatic hydroxyl groups excluding tert-OH is 4. The molecule has 15 atom stereocenters. The van der Waals surface area contributed by atoms with Crippen LogP contribution >= 0.6 is 0 Å². The third-order valence-electron chi connectivity index (χ3n) is 21.8. The Morgan fingerprint density at radius 2 is 1.80 bits per heavy atom. The first-order chi connectivity index (χ1) is 40.9. The number of nitrogens with two attached hydrogens (primary N) is 1. The molecule has 85 heavy (non-hydrogen) atoms. The quantitative estimate of drug-likeness (QED) is 0.0497. The number of carbonyl (C=O) groups excluding carboxylic acids is 1. The number of aromatic hydroxyl groups is 2. The molecule has 15 unspecified atom stereocenters. The van der Waals surface area contributed by atoms with Crippen molar-refractivity contribution in [1.29, 1.82) is 0 Å². The fourth-order valence-corrected chi connectivity index (χ4v) is 18.1. The zero-order chi connectivity index (χ0) is 59.5. The van der Waals surface area contributed by atoms with Gasteiger partial charge < -0.3 is 66.0 Å². The molecule has 12 N–H and O–H groups in total. The van der Waals surface area contributed by atoms with Crippen LogP contribution < -0.4 is 31.8 Å². The molecule has 2 fully saturated rings. The molecule has 5 aliphatic carbocycles. The molecule has 0 saturated heterocycles. The van der Waals surface area contributed by atoms with E-state index in [-0.39, 0.29) is 93.9 Å². The Morgan fingerprint density at radius 1 is 1.00 bits per heavy atom. The van der Waals surface area contributed by atoms with Crippen molar-refractivity contribution in [2.24, 2.45) is 41.2 Å². The Bertz CT molecular complexity index is 3580. The maximum atomic E-state index is 16.0. The molecule has 4 aromatic rings. The van der Waals surface area contributed by atoms with E-state index in [4.69, 9.17) is 19.6 Å². The van der Waals surface area contributed by atoms with Crippen molar-refractivity contribution in [3.8, 4) is 17.2 Å². The first kappa shape index (κ1) is 57.7. The van der Waals surface area contributed by atoms with E-state index in [1.54, 1.807) is 25.1 Å². The van der Waals surface area contributed by atoms with Crippen molar-refractivity contribution >= 4 is 16.9 Å². The summed E-state index contributed by atoms with van der Waals surface area (Å²) in [7, 11) is 0. The lowest BCUT2D eigenvalue weighted by Crippen LogP contribution is -2.59. The number of fused-ring (bicyclic) bond motifs is 12. The van der Waals surface area contributed by atoms with Crippen molar-refractivity contribution in [3.05, 3.63) is 156 Å². The lowest BCUT2D eigenvalue weighted by atomic mass is 9.61. The number of esters is 1. The molecular formula is C69H84N4O12. The molecular weight excluding hydrogens is 1080 g/mol. The number of phenols is 2. The van der Waals surface area contributed by atoms with Crippen molar-refractivity contribution < 1.29 is 54.4 Å². The molecule has 0 amide bonds. The van der Waals surface area contributed by atoms with Crippen LogP contribution in [0.3, 0.4) is 0 Å². The third kappa shape index (κ3) is 9.45. The van der Waals surface area contributed by atoms with Crippen molar-refractivity contribution in [2.75, 3.05) is 19.7 Å². The summed E-state index contributed by atoms with van der Waals surface area (Å²) in [5, 5.41) is 94.1. The number of benzene rings is 3. The standard InChI is InChI=1S/C69H84N4O12/c1-6-52(69(82)29-38-22-40(69)21-36-20-37(23-42(77)19-33(3)4)62(79)48-10-8-9-44(38)57(36)48)67(81)84-55-28-50-63(80)60-54(78)27-43(31-74)83-65(60)61-58-47-17-18-72-66(70)59(47)46(16-12-34-11-14-41(76)26-49(34)51(58)32-75)45-15-13-35-25-56(71-7-2)73-30-39(35)24-53(45)68(55,5)85-64(50)61/h6,8-11,14,17,25-27,30,33,36-38,40,42,45-46,51,53,55-56,58,62,71-77,79-80,82H,7,12-13,15-16,18-24,28-29,31-32,70H2,1-5H3. The van der Waals surface area contributed by atoms with E-state index in [2.05, 4.69) is 61.1 Å². The van der Waals surface area contributed by atoms with Gasteiger partial charge in [0.15, 0.2) is 5.43 Å². The van der Waals surface area contributed by atoms with Crippen LogP contribution in [0.2, 0.25) is 0 Å². The number of dihydropyridines is 2. The zero-order valence-corrected chi connectivity index (χ0v) is 49.5. The van der Waals surface area contributed by atoms with Crippen LogP contribution in [0.4, 0.5) is 0 Å². The lowest BCUT2D eigenvalue weighted by molar-refractivity contribution is -0.171. The highest BCUT2D eigenvalue weighted by Gasteiger charge is 2.60. The second-order valence-electron chi connectivity index (χ2n) is 26.8. The molecule has 2 saturated carbocycles. The van der Waals surface area contributed by atoms with Gasteiger partial charge in [0.05, 0.1) is 36.2 Å². The Kier molecular flexibility index (Phi) is 15.0. The van der Waals surface area contributed by atoms with Gasteiger partial charge >= 0.3 is 5.97 Å². The lowest BCUT2D eigenvalue weighted by Gasteiger charge is -2.52. The molecule has 3 aromatic carbocycles. The predicted molar refractivity (Wildman–Crippen MR) is 321 cm³/mol. The Morgan fingerprint density at radius 3 is 2.56 bits per heavy atom. The Hall–Kier alpha value is -6.40. The summed E-state index contributed by atoms with van der Waals surface area (Å²) >= 11 is 0. The maximum absolute atomic E-state index is 16.0. The fraction of sp³-hybridized carbons (Fsp3) is 0.536. The van der Waals surface area contributed by atoms with Gasteiger partial charge in [-0.2, -0.15) is 0 Å². The predicted octanol–water partition coefficient (Wildman–Crippen LogP) is 8.41. The van der Waals surface area contributed by atoms with E-state index in [0.717, 1.165) is 51.6 Å². The number of carbonyl (C=O) groups is 1. The van der Waals surface area contributed by atoms with Crippen molar-refractivity contribution in [3.63, 3.8) is 0 Å². The van der Waals surface area contributed by atoms with Gasteiger partial charge in [-0.3, -0.25) is 10.1 Å². The summed E-state index contributed by atoms with van der Waals surface area (Å²) in [4.78, 5) is 30.7. The highest BCUT2D eigenvalue weighted by Crippen LogP contribution is 2.63. The zero-order valence-electron chi connectivity index (χ0n) is 49.5. The molecule has 13 rings (SSSR count). The van der Waals surface area contributed by atoms with Crippen molar-refractivity contribution in [2.45, 2.75) is 178 Å². The molecule has 16 nitrogen and oxygen atoms in total. The van der Waals surface area contributed by atoms with Gasteiger partial charge in [-0.1, -0.05) is 57.2 Å². The Labute approximate surface area is 496 Å². The van der Waals surface area contributed by atoms with E-state index in [1.807, 2.05) is 25.1 Å². The van der Waals surface area contributed by atoms with Crippen LogP contribution in [0.5, 0.6) is 17.2 Å². The summed E-state index contributed by atoms with van der Waals surface area (Å²) in [6.45, 7) is 10.0. The van der Waals surface area contributed by atoms with Crippen LogP contribution in [0.15, 0.2) is 110 Å². The summed E-state index contributed by atoms with van der Waals surface area (Å²) in [5.41, 5.74) is 13.0. The van der Waals surface area contributed by atoms with E-state index < -0.39 is 77.6 Å². The van der Waals surface area contributed by atoms with Gasteiger partial charge in [0.25, 0.3) is 0 Å². The number of ether oxygens (including phenoxy) is 2. The second-order valence-corrected chi connectivity index (χ2v) is 26.8. The van der Waals surface area contributed by atoms with E-state index >= 15 is 4.79 Å². The smallest absolute Gasteiger partial charge is 0.337 e. The number of hydrogen-bond acceptors (Lipinski definition) is 16. The second kappa shape index (κ2) is 22.1. The molecule has 16 heteroatoms. The maximum Gasteiger partial charge on any atom is 0.337 e. The van der Waals surface area contributed by atoms with E-state index in [0.29, 0.717) is 93.6 Å². The number of likely N-dealkylation sites (N-methyl/N-ethyl adjacent to an activating group) is 1. The van der Waals surface area contributed by atoms with Gasteiger partial charge in [0.1, 0.15) is 58.1 Å². The molecule has 0 spiro atoms. The van der Waals surface area contributed by atoms with Crippen molar-refractivity contribution in [1.82, 2.24) is 16.0 Å². The number of allylic oxidation sites excluding steroid dienone is 5. The summed E-state index contributed by atoms with van der Waals surface area (Å²) in [5.74, 6) is -3.52. The SMILES string of the molecule is CC=C(C(=O)OC1Cc2c3c(c4oc(CO)cc(=O)c4c2O)C2C4=CCNC(N)=C4C(CCc4ccc(O)cc4C2CO)C2CCC4=CC(NCC)NC=C4CC2C1(C)O3)C1(O)CC2CC1CC1CC(CC(O)CC(C)C)C(O)c3cccc2c31. The van der Waals surface area contributed by atoms with Crippen LogP contribution in [0.25, 0.3) is 11.0 Å². The topological polar surface area (TPSA) is 269 Å². The molecule has 4 aliphatic heterocycles. The number of hydrogen-bond donors (Lipinski definition) is 11. The largest absolute Gasteiger partial charge is 0.508 e. The molecule has 6 bridgehead atoms. The van der Waals surface area contributed by atoms with Gasteiger partial charge in [-0.15, -0.1) is 0 Å². The number of nitrogens with one attached hydrogen (secondary N) is 3. The highest BCUT2D eigenvalue weighted by atomic mass is 16.6. The van der Waals surface area contributed by atoms with Gasteiger partial charge in [0.2, 0.25) is 0 Å².